The molecule has 1 saturated heterocycles. The average Bonchev–Trinajstić information content (AvgIpc) is 3.62. The Balaban J connectivity index is 1.29. The number of amides is 3. The van der Waals surface area contributed by atoms with Crippen molar-refractivity contribution in [2.24, 2.45) is 0 Å². The van der Waals surface area contributed by atoms with Crippen molar-refractivity contribution >= 4 is 40.1 Å². The molecule has 1 aliphatic heterocycles. The van der Waals surface area contributed by atoms with Crippen molar-refractivity contribution in [2.45, 2.75) is 13.8 Å². The number of fused-ring (bicyclic) bond motifs is 1. The molecule has 0 atom stereocenters. The molecule has 1 fully saturated rings. The number of nitrogen functional groups attached to an aromatic ring is 1. The van der Waals surface area contributed by atoms with E-state index in [1.165, 1.54) is 29.2 Å². The molecular formula is C28H21F2N7O4. The van der Waals surface area contributed by atoms with E-state index in [9.17, 15) is 23.2 Å². The zero-order valence-corrected chi connectivity index (χ0v) is 21.7. The molecule has 0 spiro atoms. The molecule has 0 aliphatic carbocycles. The molecule has 3 aromatic heterocycles. The molecule has 3 amide bonds. The predicted octanol–water partition coefficient (Wildman–Crippen LogP) is 4.31. The van der Waals surface area contributed by atoms with Crippen LogP contribution in [0.15, 0.2) is 54.9 Å². The quantitative estimate of drug-likeness (QED) is 0.208. The molecule has 13 heteroatoms. The minimum atomic E-state index is -0.869. The lowest BCUT2D eigenvalue weighted by molar-refractivity contribution is -0.115. The smallest absolute Gasteiger partial charge is 0.329 e. The van der Waals surface area contributed by atoms with Gasteiger partial charge in [0.1, 0.15) is 5.82 Å². The third kappa shape index (κ3) is 4.33. The number of carbonyl (C=O) groups is 3. The van der Waals surface area contributed by atoms with E-state index in [0.717, 1.165) is 17.0 Å². The van der Waals surface area contributed by atoms with Crippen LogP contribution >= 0.6 is 0 Å². The van der Waals surface area contributed by atoms with Gasteiger partial charge in [-0.3, -0.25) is 9.59 Å². The molecule has 1 aliphatic rings. The van der Waals surface area contributed by atoms with Gasteiger partial charge in [-0.05, 0) is 55.3 Å². The highest BCUT2D eigenvalue weighted by atomic mass is 19.1. The van der Waals surface area contributed by atoms with Crippen LogP contribution in [0.3, 0.4) is 0 Å². The third-order valence-corrected chi connectivity index (χ3v) is 6.73. The predicted molar refractivity (Wildman–Crippen MR) is 144 cm³/mol. The summed E-state index contributed by atoms with van der Waals surface area (Å²) in [6.07, 6.45) is 2.69. The van der Waals surface area contributed by atoms with Crippen molar-refractivity contribution in [2.75, 3.05) is 17.2 Å². The first-order valence-electron chi connectivity index (χ1n) is 12.3. The fraction of sp³-hybridized carbons (Fsp3) is 0.107. The van der Waals surface area contributed by atoms with Gasteiger partial charge in [-0.2, -0.15) is 5.10 Å². The summed E-state index contributed by atoms with van der Waals surface area (Å²) < 4.78 is 34.6. The second-order valence-corrected chi connectivity index (χ2v) is 9.44. The molecular weight excluding hydrogens is 536 g/mol. The van der Waals surface area contributed by atoms with E-state index in [1.54, 1.807) is 32.0 Å². The molecule has 0 bridgehead atoms. The Morgan fingerprint density at radius 2 is 1.76 bits per heavy atom. The Morgan fingerprint density at radius 3 is 2.44 bits per heavy atom. The fourth-order valence-electron chi connectivity index (χ4n) is 4.67. The van der Waals surface area contributed by atoms with Crippen LogP contribution in [0.4, 0.5) is 25.1 Å². The number of hydrogen-bond acceptors (Lipinski definition) is 7. The van der Waals surface area contributed by atoms with Gasteiger partial charge in [-0.1, -0.05) is 6.07 Å². The van der Waals surface area contributed by atoms with Gasteiger partial charge in [0.25, 0.3) is 5.91 Å². The van der Waals surface area contributed by atoms with Gasteiger partial charge >= 0.3 is 6.03 Å². The summed E-state index contributed by atoms with van der Waals surface area (Å²) in [4.78, 5) is 46.0. The number of aryl methyl sites for hydroxylation is 2. The van der Waals surface area contributed by atoms with Crippen LogP contribution in [0.1, 0.15) is 27.2 Å². The van der Waals surface area contributed by atoms with Crippen LogP contribution < -0.4 is 20.7 Å². The second kappa shape index (κ2) is 9.55. The zero-order valence-electron chi connectivity index (χ0n) is 21.7. The molecule has 2 aromatic carbocycles. The van der Waals surface area contributed by atoms with E-state index in [0.29, 0.717) is 33.4 Å². The normalized spacial score (nSPS) is 13.2. The number of benzene rings is 2. The number of ketones is 1. The van der Waals surface area contributed by atoms with E-state index >= 15 is 0 Å². The molecule has 41 heavy (non-hydrogen) atoms. The molecule has 0 radical (unpaired) electrons. The van der Waals surface area contributed by atoms with Crippen LogP contribution in [0.2, 0.25) is 0 Å². The number of nitrogens with one attached hydrogen (secondary N) is 2. The van der Waals surface area contributed by atoms with Gasteiger partial charge in [0.15, 0.2) is 11.6 Å². The van der Waals surface area contributed by atoms with Crippen LogP contribution in [0.5, 0.6) is 11.6 Å². The number of urea groups is 1. The molecule has 5 aromatic rings. The topological polar surface area (TPSA) is 148 Å². The summed E-state index contributed by atoms with van der Waals surface area (Å²) in [6.45, 7) is 3.39. The number of nitrogens with zero attached hydrogens (tertiary/aromatic N) is 4. The van der Waals surface area contributed by atoms with Gasteiger partial charge in [0, 0.05) is 17.0 Å². The highest BCUT2D eigenvalue weighted by Crippen LogP contribution is 2.31. The van der Waals surface area contributed by atoms with E-state index in [-0.39, 0.29) is 35.4 Å². The van der Waals surface area contributed by atoms with Crippen molar-refractivity contribution in [1.82, 2.24) is 25.1 Å². The number of carbonyl (C=O) groups excluding carboxylic acids is 3. The number of rotatable bonds is 6. The number of aromatic amines is 1. The Kier molecular flexibility index (Phi) is 5.98. The van der Waals surface area contributed by atoms with Crippen molar-refractivity contribution in [3.05, 3.63) is 88.9 Å². The number of ether oxygens (including phenoxy) is 1. The standard InChI is InChI=1S/C28H21F2N7O4/c1-13-6-15-8-20(35-19(15)9-21(13)36-24(38)12-33-28(36)40)25(39)16-10-34-37(27(16)31)22-11-32-23(7-14(22)2)41-26-17(29)4-3-5-18(26)30/h3-11,35H,12,31H2,1-2H3,(H,33,40). The number of pyridine rings is 1. The lowest BCUT2D eigenvalue weighted by Crippen LogP contribution is -2.31. The number of hydrogen-bond donors (Lipinski definition) is 3. The average molecular weight is 558 g/mol. The molecule has 0 unspecified atom stereocenters. The number of anilines is 2. The van der Waals surface area contributed by atoms with E-state index < -0.39 is 29.2 Å². The molecule has 4 heterocycles. The third-order valence-electron chi connectivity index (χ3n) is 6.73. The van der Waals surface area contributed by atoms with Gasteiger partial charge in [-0.25, -0.2) is 28.1 Å². The first kappa shape index (κ1) is 25.7. The Bertz CT molecular complexity index is 1880. The number of para-hydroxylation sites is 1. The minimum Gasteiger partial charge on any atom is -0.433 e. The summed E-state index contributed by atoms with van der Waals surface area (Å²) in [5.74, 6) is -3.11. The Morgan fingerprint density at radius 1 is 1.02 bits per heavy atom. The van der Waals surface area contributed by atoms with Crippen molar-refractivity contribution in [3.63, 3.8) is 0 Å². The lowest BCUT2D eigenvalue weighted by Gasteiger charge is -2.15. The summed E-state index contributed by atoms with van der Waals surface area (Å²) >= 11 is 0. The molecule has 11 nitrogen and oxygen atoms in total. The second-order valence-electron chi connectivity index (χ2n) is 9.44. The van der Waals surface area contributed by atoms with Crippen molar-refractivity contribution < 1.29 is 27.9 Å². The number of nitrogens with two attached hydrogens (primary N) is 1. The maximum Gasteiger partial charge on any atom is 0.329 e. The SMILES string of the molecule is Cc1cc2cc(C(=O)c3cnn(-c4cnc(Oc5c(F)cccc5F)cc4C)c3N)[nH]c2cc1N1C(=O)CNC1=O. The first-order valence-corrected chi connectivity index (χ1v) is 12.3. The molecule has 6 rings (SSSR count). The maximum atomic E-state index is 14.0. The Hall–Kier alpha value is -5.59. The summed E-state index contributed by atoms with van der Waals surface area (Å²) in [5.41, 5.74) is 9.30. The zero-order chi connectivity index (χ0) is 29.0. The number of imide groups is 1. The first-order chi connectivity index (χ1) is 19.6. The summed E-state index contributed by atoms with van der Waals surface area (Å²) in [7, 11) is 0. The van der Waals surface area contributed by atoms with Gasteiger partial charge < -0.3 is 20.8 Å². The van der Waals surface area contributed by atoms with Gasteiger partial charge in [0.2, 0.25) is 17.4 Å². The molecule has 0 saturated carbocycles. The fourth-order valence-corrected chi connectivity index (χ4v) is 4.67. The van der Waals surface area contributed by atoms with Crippen molar-refractivity contribution in [3.8, 4) is 17.3 Å². The minimum absolute atomic E-state index is 0.0434. The van der Waals surface area contributed by atoms with E-state index in [4.69, 9.17) is 10.5 Å². The number of halogens is 2. The van der Waals surface area contributed by atoms with Gasteiger partial charge in [0.05, 0.1) is 41.6 Å². The summed E-state index contributed by atoms with van der Waals surface area (Å²) in [5, 5.41) is 7.45. The van der Waals surface area contributed by atoms with Crippen LogP contribution in [0, 0.1) is 25.5 Å². The van der Waals surface area contributed by atoms with E-state index in [1.807, 2.05) is 0 Å². The molecule has 4 N–H and O–H groups in total. The highest BCUT2D eigenvalue weighted by Gasteiger charge is 2.31. The van der Waals surface area contributed by atoms with Crippen LogP contribution in [-0.2, 0) is 4.79 Å². The van der Waals surface area contributed by atoms with Crippen LogP contribution in [-0.4, -0.2) is 44.0 Å². The lowest BCUT2D eigenvalue weighted by atomic mass is 10.1. The van der Waals surface area contributed by atoms with Crippen molar-refractivity contribution in [1.29, 1.82) is 0 Å². The van der Waals surface area contributed by atoms with Crippen LogP contribution in [0.25, 0.3) is 16.6 Å². The highest BCUT2D eigenvalue weighted by molar-refractivity contribution is 6.21. The number of H-pyrrole nitrogens is 1. The van der Waals surface area contributed by atoms with E-state index in [2.05, 4.69) is 20.4 Å². The summed E-state index contributed by atoms with van der Waals surface area (Å²) in [6, 6.07) is 9.39. The molecule has 206 valence electrons. The monoisotopic (exact) mass is 557 g/mol. The largest absolute Gasteiger partial charge is 0.433 e. The van der Waals surface area contributed by atoms with Gasteiger partial charge in [-0.15, -0.1) is 0 Å². The number of aromatic nitrogens is 4. The Labute approximate surface area is 230 Å². The maximum absolute atomic E-state index is 14.0.